The average molecular weight is 613 g/mol. The van der Waals surface area contributed by atoms with E-state index in [1.807, 2.05) is 30.3 Å². The Bertz CT molecular complexity index is 1500. The molecule has 3 aromatic rings. The Labute approximate surface area is 250 Å². The minimum Gasteiger partial charge on any atom is -0.443 e. The van der Waals surface area contributed by atoms with Crippen molar-refractivity contribution in [3.63, 3.8) is 0 Å². The largest absolute Gasteiger partial charge is 0.443 e. The molecule has 0 radical (unpaired) electrons. The number of hydrogen-bond acceptors (Lipinski definition) is 10. The molecular formula is C30H36N4O8S. The van der Waals surface area contributed by atoms with Gasteiger partial charge in [-0.3, -0.25) is 14.8 Å². The molecule has 2 saturated heterocycles. The number of nitrogens with one attached hydrogen (secondary N) is 1. The van der Waals surface area contributed by atoms with Crippen molar-refractivity contribution >= 4 is 27.1 Å². The Balaban J connectivity index is 1.22. The summed E-state index contributed by atoms with van der Waals surface area (Å²) in [6.07, 6.45) is 4.03. The van der Waals surface area contributed by atoms with Crippen molar-refractivity contribution in [3.8, 4) is 0 Å². The van der Waals surface area contributed by atoms with Crippen molar-refractivity contribution in [2.45, 2.75) is 74.1 Å². The van der Waals surface area contributed by atoms with Crippen LogP contribution in [0.25, 0.3) is 11.0 Å². The highest BCUT2D eigenvalue weighted by Crippen LogP contribution is 2.33. The molecule has 1 saturated carbocycles. The number of benzene rings is 2. The van der Waals surface area contributed by atoms with Crippen molar-refractivity contribution in [2.24, 2.45) is 5.92 Å². The number of hydrogen-bond donors (Lipinski definition) is 2. The summed E-state index contributed by atoms with van der Waals surface area (Å²) >= 11 is 0. The van der Waals surface area contributed by atoms with E-state index >= 15 is 0 Å². The Morgan fingerprint density at radius 3 is 2.60 bits per heavy atom. The number of hydroxylamine groups is 1. The number of ether oxygens (including phenoxy) is 3. The van der Waals surface area contributed by atoms with Crippen molar-refractivity contribution in [1.82, 2.24) is 19.8 Å². The first-order valence-corrected chi connectivity index (χ1v) is 16.1. The maximum atomic E-state index is 13.9. The number of aliphatic hydroxyl groups excluding tert-OH is 1. The van der Waals surface area contributed by atoms with Gasteiger partial charge in [0.25, 0.3) is 10.0 Å². The van der Waals surface area contributed by atoms with Crippen molar-refractivity contribution in [2.75, 3.05) is 19.8 Å². The molecule has 0 unspecified atom stereocenters. The molecule has 13 heteroatoms. The van der Waals surface area contributed by atoms with E-state index in [1.54, 1.807) is 6.07 Å². The van der Waals surface area contributed by atoms with Crippen LogP contribution in [0.4, 0.5) is 4.79 Å². The Hall–Kier alpha value is -3.20. The molecule has 0 bridgehead atoms. The van der Waals surface area contributed by atoms with Gasteiger partial charge in [0.05, 0.1) is 59.9 Å². The van der Waals surface area contributed by atoms with Crippen molar-refractivity contribution in [1.29, 1.82) is 0 Å². The molecular weight excluding hydrogens is 576 g/mol. The molecule has 2 N–H and O–H groups in total. The number of alkyl carbamates (subject to hydrolysis) is 1. The van der Waals surface area contributed by atoms with Crippen LogP contribution in [0.15, 0.2) is 65.8 Å². The zero-order valence-electron chi connectivity index (χ0n) is 23.7. The van der Waals surface area contributed by atoms with Crippen LogP contribution in [0.1, 0.15) is 37.7 Å². The van der Waals surface area contributed by atoms with Gasteiger partial charge in [-0.2, -0.15) is 0 Å². The molecule has 0 spiro atoms. The molecule has 3 aliphatic rings. The summed E-state index contributed by atoms with van der Waals surface area (Å²) in [4.78, 5) is 27.5. The minimum absolute atomic E-state index is 0.0350. The lowest BCUT2D eigenvalue weighted by Crippen LogP contribution is -2.51. The average Bonchev–Trinajstić information content (AvgIpc) is 3.78. The molecule has 230 valence electrons. The van der Waals surface area contributed by atoms with Gasteiger partial charge in [0.2, 0.25) is 0 Å². The van der Waals surface area contributed by atoms with Crippen LogP contribution in [0.5, 0.6) is 0 Å². The van der Waals surface area contributed by atoms with E-state index < -0.39 is 40.9 Å². The third-order valence-electron chi connectivity index (χ3n) is 8.22. The number of fused-ring (bicyclic) bond motifs is 2. The third-order valence-corrected chi connectivity index (χ3v) is 9.84. The summed E-state index contributed by atoms with van der Waals surface area (Å²) in [5.74, 6) is -0.0460. The van der Waals surface area contributed by atoms with Gasteiger partial charge in [-0.05, 0) is 49.4 Å². The number of carbonyl (C=O) groups is 1. The molecule has 3 fully saturated rings. The zero-order valence-corrected chi connectivity index (χ0v) is 24.5. The molecule has 12 nitrogen and oxygen atoms in total. The van der Waals surface area contributed by atoms with E-state index in [1.165, 1.54) is 24.5 Å². The van der Waals surface area contributed by atoms with Crippen LogP contribution in [0.2, 0.25) is 0 Å². The maximum Gasteiger partial charge on any atom is 0.407 e. The number of carbonyl (C=O) groups excluding carboxylic acids is 1. The van der Waals surface area contributed by atoms with Crippen molar-refractivity contribution < 1.29 is 37.4 Å². The van der Waals surface area contributed by atoms with E-state index in [0.29, 0.717) is 30.5 Å². The number of amides is 1. The molecule has 1 aromatic heterocycles. The fourth-order valence-electron chi connectivity index (χ4n) is 5.88. The Morgan fingerprint density at radius 1 is 1.05 bits per heavy atom. The number of aromatic nitrogens is 2. The molecule has 6 rings (SSSR count). The summed E-state index contributed by atoms with van der Waals surface area (Å²) in [5, 5.41) is 14.3. The fraction of sp³-hybridized carbons (Fsp3) is 0.500. The van der Waals surface area contributed by atoms with Crippen LogP contribution >= 0.6 is 0 Å². The van der Waals surface area contributed by atoms with Crippen LogP contribution in [0, 0.1) is 5.92 Å². The van der Waals surface area contributed by atoms with E-state index in [2.05, 4.69) is 15.3 Å². The fourth-order valence-corrected chi connectivity index (χ4v) is 7.20. The third kappa shape index (κ3) is 6.97. The Kier molecular flexibility index (Phi) is 9.17. The lowest BCUT2D eigenvalue weighted by atomic mass is 10.0. The predicted octanol–water partition coefficient (Wildman–Crippen LogP) is 2.95. The lowest BCUT2D eigenvalue weighted by Gasteiger charge is -2.31. The number of sulfonamides is 1. The van der Waals surface area contributed by atoms with Crippen LogP contribution < -0.4 is 5.32 Å². The second-order valence-corrected chi connectivity index (χ2v) is 13.0. The molecule has 3 heterocycles. The molecule has 1 amide bonds. The highest BCUT2D eigenvalue weighted by molar-refractivity contribution is 7.89. The van der Waals surface area contributed by atoms with Crippen LogP contribution in [0.3, 0.4) is 0 Å². The van der Waals surface area contributed by atoms with Gasteiger partial charge in [0, 0.05) is 12.4 Å². The topological polar surface area (TPSA) is 149 Å². The minimum atomic E-state index is -4.23. The molecule has 2 aliphatic heterocycles. The second-order valence-electron chi connectivity index (χ2n) is 11.2. The first-order chi connectivity index (χ1) is 20.9. The van der Waals surface area contributed by atoms with Gasteiger partial charge < -0.3 is 24.6 Å². The van der Waals surface area contributed by atoms with Gasteiger partial charge in [0.15, 0.2) is 6.29 Å². The predicted molar refractivity (Wildman–Crippen MR) is 154 cm³/mol. The Morgan fingerprint density at radius 2 is 1.81 bits per heavy atom. The first kappa shape index (κ1) is 29.9. The van der Waals surface area contributed by atoms with Gasteiger partial charge in [-0.1, -0.05) is 47.6 Å². The molecule has 5 atom stereocenters. The van der Waals surface area contributed by atoms with Gasteiger partial charge in [-0.15, -0.1) is 0 Å². The number of nitrogens with zero attached hydrogens (tertiary/aromatic N) is 3. The standard InChI is InChI=1S/C30H36N4O8S/c35-27(26(16-20-6-2-1-3-7-20)33-30(36)41-28-19-40-29-23(28)12-15-39-29)18-34(42-21-8-4-5-9-21)43(37,38)22-10-11-24-25(17-22)32-14-13-31-24/h1-3,6-7,10-11,13-14,17,21,23,26-29,35H,4-5,8-9,12,15-16,18-19H2,(H,33,36)/t23-,26-,27+,28-,29+/m0/s1. The van der Waals surface area contributed by atoms with E-state index in [0.717, 1.165) is 29.3 Å². The highest BCUT2D eigenvalue weighted by Gasteiger charge is 2.44. The van der Waals surface area contributed by atoms with E-state index in [-0.39, 0.29) is 36.2 Å². The number of rotatable bonds is 11. The second kappa shape index (κ2) is 13.2. The van der Waals surface area contributed by atoms with Crippen molar-refractivity contribution in [3.05, 3.63) is 66.5 Å². The summed E-state index contributed by atoms with van der Waals surface area (Å²) in [6.45, 7) is 0.355. The lowest BCUT2D eigenvalue weighted by molar-refractivity contribution is -0.145. The quantitative estimate of drug-likeness (QED) is 0.310. The van der Waals surface area contributed by atoms with Gasteiger partial charge in [0.1, 0.15) is 6.10 Å². The normalized spacial score (nSPS) is 23.8. The zero-order chi connectivity index (χ0) is 29.8. The summed E-state index contributed by atoms with van der Waals surface area (Å²) in [5.41, 5.74) is 1.82. The smallest absolute Gasteiger partial charge is 0.407 e. The summed E-state index contributed by atoms with van der Waals surface area (Å²) in [7, 11) is -4.23. The van der Waals surface area contributed by atoms with Crippen LogP contribution in [-0.4, -0.2) is 84.5 Å². The molecule has 1 aliphatic carbocycles. The monoisotopic (exact) mass is 612 g/mol. The summed E-state index contributed by atoms with van der Waals surface area (Å²) < 4.78 is 45.5. The molecule has 2 aromatic carbocycles. The van der Waals surface area contributed by atoms with E-state index in [9.17, 15) is 18.3 Å². The maximum absolute atomic E-state index is 13.9. The first-order valence-electron chi connectivity index (χ1n) is 14.7. The summed E-state index contributed by atoms with van der Waals surface area (Å²) in [6, 6.07) is 12.9. The van der Waals surface area contributed by atoms with Crippen LogP contribution in [-0.2, 0) is 35.5 Å². The SMILES string of the molecule is O=C(N[C@@H](Cc1ccccc1)[C@H](O)CN(OC1CCCC1)S(=O)(=O)c1ccc2nccnc2c1)O[C@H]1CO[C@H]2OCC[C@H]21. The van der Waals surface area contributed by atoms with E-state index in [4.69, 9.17) is 19.0 Å². The van der Waals surface area contributed by atoms with Gasteiger partial charge >= 0.3 is 6.09 Å². The number of aliphatic hydroxyl groups is 1. The van der Waals surface area contributed by atoms with Gasteiger partial charge in [-0.25, -0.2) is 13.2 Å². The highest BCUT2D eigenvalue weighted by atomic mass is 32.2. The molecule has 43 heavy (non-hydrogen) atoms.